The molecule has 1 atom stereocenters. The van der Waals surface area contributed by atoms with Gasteiger partial charge in [-0.05, 0) is 5.56 Å². The van der Waals surface area contributed by atoms with Crippen molar-refractivity contribution in [3.63, 3.8) is 0 Å². The smallest absolute Gasteiger partial charge is 0.365 e. The van der Waals surface area contributed by atoms with E-state index in [0.717, 1.165) is 12.6 Å². The van der Waals surface area contributed by atoms with E-state index in [1.165, 1.54) is 12.7 Å². The topological polar surface area (TPSA) is 26.3 Å². The summed E-state index contributed by atoms with van der Waals surface area (Å²) >= 11 is 0. The Hall–Kier alpha value is -1.13. The van der Waals surface area contributed by atoms with Crippen molar-refractivity contribution in [1.29, 1.82) is 0 Å². The standard InChI is InChI=1S/C16H28NO2Si/c1-17(2,13-20(4,5)6)15(16(18)19-3)12-14-10-8-7-9-11-14/h7-11,15H,12-13H2,1-6H3/q+1/t15-/m0/s1. The van der Waals surface area contributed by atoms with E-state index in [0.29, 0.717) is 4.48 Å². The Bertz CT molecular complexity index is 438. The molecule has 0 saturated carbocycles. The highest BCUT2D eigenvalue weighted by atomic mass is 28.3. The summed E-state index contributed by atoms with van der Waals surface area (Å²) < 4.78 is 5.74. The van der Waals surface area contributed by atoms with E-state index in [1.807, 2.05) is 18.2 Å². The van der Waals surface area contributed by atoms with Gasteiger partial charge in [0.2, 0.25) is 0 Å². The number of carbonyl (C=O) groups is 1. The molecule has 0 aliphatic rings. The molecule has 1 rings (SSSR count). The van der Waals surface area contributed by atoms with Gasteiger partial charge in [0, 0.05) is 6.42 Å². The monoisotopic (exact) mass is 294 g/mol. The third-order valence-electron chi connectivity index (χ3n) is 3.47. The van der Waals surface area contributed by atoms with Gasteiger partial charge in [0.15, 0.2) is 6.04 Å². The van der Waals surface area contributed by atoms with Crippen LogP contribution in [0.4, 0.5) is 0 Å². The highest BCUT2D eigenvalue weighted by Crippen LogP contribution is 2.18. The number of nitrogens with zero attached hydrogens (tertiary/aromatic N) is 1. The van der Waals surface area contributed by atoms with E-state index < -0.39 is 8.07 Å². The summed E-state index contributed by atoms with van der Waals surface area (Å²) in [5.41, 5.74) is 1.18. The SMILES string of the molecule is COC(=O)[C@H](Cc1ccccc1)[N+](C)(C)C[Si](C)(C)C. The van der Waals surface area contributed by atoms with Gasteiger partial charge < -0.3 is 9.22 Å². The molecule has 0 fully saturated rings. The summed E-state index contributed by atoms with van der Waals surface area (Å²) in [4.78, 5) is 12.2. The number of likely N-dealkylation sites (N-methyl/N-ethyl adjacent to an activating group) is 1. The molecular formula is C16H28NO2Si+. The lowest BCUT2D eigenvalue weighted by Gasteiger charge is -2.40. The fraction of sp³-hybridized carbons (Fsp3) is 0.562. The second-order valence-corrected chi connectivity index (χ2v) is 12.7. The molecule has 0 aromatic heterocycles. The van der Waals surface area contributed by atoms with Crippen molar-refractivity contribution in [2.24, 2.45) is 0 Å². The lowest BCUT2D eigenvalue weighted by Crippen LogP contribution is -2.60. The Morgan fingerprint density at radius 2 is 1.75 bits per heavy atom. The number of methoxy groups -OCH3 is 1. The van der Waals surface area contributed by atoms with Crippen LogP contribution < -0.4 is 0 Å². The van der Waals surface area contributed by atoms with Crippen LogP contribution in [0.5, 0.6) is 0 Å². The fourth-order valence-electron chi connectivity index (χ4n) is 2.92. The second-order valence-electron chi connectivity index (χ2n) is 7.23. The molecule has 0 aliphatic heterocycles. The molecule has 0 heterocycles. The highest BCUT2D eigenvalue weighted by molar-refractivity contribution is 6.76. The lowest BCUT2D eigenvalue weighted by molar-refractivity contribution is -0.897. The summed E-state index contributed by atoms with van der Waals surface area (Å²) in [5.74, 6) is -0.114. The van der Waals surface area contributed by atoms with Crippen LogP contribution >= 0.6 is 0 Å². The summed E-state index contributed by atoms with van der Waals surface area (Å²) in [7, 11) is 4.50. The first-order valence-electron chi connectivity index (χ1n) is 7.10. The van der Waals surface area contributed by atoms with Gasteiger partial charge in [-0.3, -0.25) is 0 Å². The number of hydrogen-bond acceptors (Lipinski definition) is 2. The summed E-state index contributed by atoms with van der Waals surface area (Å²) in [6.07, 6.45) is 1.78. The van der Waals surface area contributed by atoms with E-state index in [2.05, 4.69) is 45.9 Å². The van der Waals surface area contributed by atoms with Gasteiger partial charge in [-0.25, -0.2) is 4.79 Å². The van der Waals surface area contributed by atoms with Crippen molar-refractivity contribution in [1.82, 2.24) is 0 Å². The van der Waals surface area contributed by atoms with Gasteiger partial charge in [0.25, 0.3) is 0 Å². The van der Waals surface area contributed by atoms with Crippen LogP contribution in [-0.2, 0) is 16.0 Å². The Labute approximate surface area is 124 Å². The molecule has 1 aromatic rings. The fourth-order valence-corrected chi connectivity index (χ4v) is 5.59. The molecule has 0 unspecified atom stereocenters. The molecule has 0 radical (unpaired) electrons. The van der Waals surface area contributed by atoms with Crippen molar-refractivity contribution in [2.45, 2.75) is 32.1 Å². The van der Waals surface area contributed by atoms with Gasteiger partial charge in [-0.2, -0.15) is 0 Å². The number of esters is 1. The molecule has 0 saturated heterocycles. The molecular weight excluding hydrogens is 266 g/mol. The first-order valence-corrected chi connectivity index (χ1v) is 10.8. The summed E-state index contributed by atoms with van der Waals surface area (Å²) in [6, 6.07) is 10.0. The number of hydrogen-bond donors (Lipinski definition) is 0. The maximum absolute atomic E-state index is 12.2. The normalized spacial score (nSPS) is 13.9. The van der Waals surface area contributed by atoms with Crippen LogP contribution in [0.15, 0.2) is 30.3 Å². The number of benzene rings is 1. The predicted octanol–water partition coefficient (Wildman–Crippen LogP) is 2.72. The molecule has 0 aliphatic carbocycles. The number of quaternary nitrogens is 1. The predicted molar refractivity (Wildman–Crippen MR) is 86.3 cm³/mol. The quantitative estimate of drug-likeness (QED) is 0.458. The van der Waals surface area contributed by atoms with Crippen LogP contribution in [0.3, 0.4) is 0 Å². The molecule has 0 amide bonds. The van der Waals surface area contributed by atoms with Gasteiger partial charge >= 0.3 is 5.97 Å². The lowest BCUT2D eigenvalue weighted by atomic mass is 10.0. The van der Waals surface area contributed by atoms with E-state index in [9.17, 15) is 4.79 Å². The Morgan fingerprint density at radius 1 is 1.20 bits per heavy atom. The van der Waals surface area contributed by atoms with Gasteiger partial charge in [-0.15, -0.1) is 0 Å². The average molecular weight is 294 g/mol. The van der Waals surface area contributed by atoms with Crippen LogP contribution in [0.2, 0.25) is 19.6 Å². The van der Waals surface area contributed by atoms with Crippen LogP contribution in [0.1, 0.15) is 5.56 Å². The Kier molecular flexibility index (Phi) is 5.54. The van der Waals surface area contributed by atoms with Gasteiger partial charge in [0.1, 0.15) is 8.07 Å². The van der Waals surface area contributed by atoms with E-state index in [-0.39, 0.29) is 12.0 Å². The van der Waals surface area contributed by atoms with Crippen molar-refractivity contribution in [3.8, 4) is 0 Å². The number of carbonyl (C=O) groups excluding carboxylic acids is 1. The van der Waals surface area contributed by atoms with E-state index >= 15 is 0 Å². The number of rotatable bonds is 6. The molecule has 4 heteroatoms. The Morgan fingerprint density at radius 3 is 2.20 bits per heavy atom. The highest BCUT2D eigenvalue weighted by Gasteiger charge is 2.39. The second kappa shape index (κ2) is 6.55. The molecule has 0 bridgehead atoms. The van der Waals surface area contributed by atoms with Crippen molar-refractivity contribution in [3.05, 3.63) is 35.9 Å². The zero-order chi connectivity index (χ0) is 15.4. The minimum atomic E-state index is -1.27. The first kappa shape index (κ1) is 16.9. The van der Waals surface area contributed by atoms with E-state index in [4.69, 9.17) is 4.74 Å². The Balaban J connectivity index is 2.97. The van der Waals surface area contributed by atoms with Crippen LogP contribution in [0, 0.1) is 0 Å². The molecule has 3 nitrogen and oxygen atoms in total. The minimum Gasteiger partial charge on any atom is -0.465 e. The molecule has 1 aromatic carbocycles. The van der Waals surface area contributed by atoms with Crippen molar-refractivity contribution >= 4 is 14.0 Å². The largest absolute Gasteiger partial charge is 0.465 e. The third kappa shape index (κ3) is 5.10. The van der Waals surface area contributed by atoms with E-state index in [1.54, 1.807) is 0 Å². The minimum absolute atomic E-state index is 0.114. The summed E-state index contributed by atoms with van der Waals surface area (Å²) in [6.45, 7) is 7.01. The molecule has 0 spiro atoms. The van der Waals surface area contributed by atoms with Gasteiger partial charge in [0.05, 0.1) is 27.4 Å². The van der Waals surface area contributed by atoms with Crippen LogP contribution in [0.25, 0.3) is 0 Å². The first-order chi connectivity index (χ1) is 9.15. The maximum Gasteiger partial charge on any atom is 0.365 e. The average Bonchev–Trinajstić information content (AvgIpc) is 2.33. The number of ether oxygens (including phenoxy) is 1. The third-order valence-corrected chi connectivity index (χ3v) is 5.23. The maximum atomic E-state index is 12.2. The molecule has 0 N–H and O–H groups in total. The zero-order valence-electron chi connectivity index (χ0n) is 13.6. The molecule has 20 heavy (non-hydrogen) atoms. The van der Waals surface area contributed by atoms with Crippen molar-refractivity contribution < 1.29 is 14.0 Å². The summed E-state index contributed by atoms with van der Waals surface area (Å²) in [5, 5.41) is 0. The van der Waals surface area contributed by atoms with Crippen molar-refractivity contribution in [2.75, 3.05) is 27.4 Å². The van der Waals surface area contributed by atoms with Crippen LogP contribution in [-0.4, -0.2) is 51.9 Å². The van der Waals surface area contributed by atoms with Gasteiger partial charge in [-0.1, -0.05) is 50.0 Å². The zero-order valence-corrected chi connectivity index (χ0v) is 14.6. The molecule has 112 valence electrons.